The van der Waals surface area contributed by atoms with E-state index in [1.54, 1.807) is 16.9 Å². The van der Waals surface area contributed by atoms with E-state index in [0.29, 0.717) is 25.1 Å². The molecule has 2 aliphatic heterocycles. The minimum absolute atomic E-state index is 0.0111. The van der Waals surface area contributed by atoms with Gasteiger partial charge in [-0.1, -0.05) is 36.4 Å². The van der Waals surface area contributed by atoms with Gasteiger partial charge in [-0.3, -0.25) is 9.59 Å². The molecule has 1 aromatic heterocycles. The predicted molar refractivity (Wildman–Crippen MR) is 116 cm³/mol. The van der Waals surface area contributed by atoms with Crippen LogP contribution in [0, 0.1) is 0 Å². The van der Waals surface area contributed by atoms with Crippen LogP contribution in [0.2, 0.25) is 0 Å². The van der Waals surface area contributed by atoms with Crippen molar-refractivity contribution in [3.63, 3.8) is 0 Å². The molecular weight excluding hydrogens is 394 g/mol. The molecular formula is C24H25N3O4. The summed E-state index contributed by atoms with van der Waals surface area (Å²) in [5, 5.41) is 10.3. The lowest BCUT2D eigenvalue weighted by Crippen LogP contribution is -2.63. The average Bonchev–Trinajstić information content (AvgIpc) is 3.17. The Morgan fingerprint density at radius 2 is 1.90 bits per heavy atom. The van der Waals surface area contributed by atoms with Crippen LogP contribution in [0.3, 0.4) is 0 Å². The summed E-state index contributed by atoms with van der Waals surface area (Å²) >= 11 is 0. The van der Waals surface area contributed by atoms with Crippen molar-refractivity contribution in [1.29, 1.82) is 0 Å². The molecule has 1 fully saturated rings. The number of piperazine rings is 1. The monoisotopic (exact) mass is 419 g/mol. The number of nitrogens with zero attached hydrogens (tertiary/aromatic N) is 2. The smallest absolute Gasteiger partial charge is 0.246 e. The molecule has 2 aromatic carbocycles. The highest BCUT2D eigenvalue weighted by Gasteiger charge is 2.48. The van der Waals surface area contributed by atoms with Crippen molar-refractivity contribution in [2.45, 2.75) is 24.9 Å². The van der Waals surface area contributed by atoms with E-state index in [-0.39, 0.29) is 25.0 Å². The first-order chi connectivity index (χ1) is 15.1. The number of benzene rings is 2. The number of aromatic amines is 1. The van der Waals surface area contributed by atoms with Crippen LogP contribution in [-0.2, 0) is 16.0 Å². The number of hydrogen-bond acceptors (Lipinski definition) is 4. The number of nitrogens with one attached hydrogen (secondary N) is 1. The molecule has 1 saturated heterocycles. The average molecular weight is 419 g/mol. The first-order valence-electron chi connectivity index (χ1n) is 10.6. The second-order valence-corrected chi connectivity index (χ2v) is 8.07. The molecule has 5 rings (SSSR count). The fourth-order valence-electron chi connectivity index (χ4n) is 4.99. The number of carbonyl (C=O) groups is 2. The molecule has 0 aliphatic carbocycles. The Kier molecular flexibility index (Phi) is 4.90. The lowest BCUT2D eigenvalue weighted by molar-refractivity contribution is -0.158. The second-order valence-electron chi connectivity index (χ2n) is 8.07. The van der Waals surface area contributed by atoms with Crippen molar-refractivity contribution in [2.75, 3.05) is 26.8 Å². The number of para-hydroxylation sites is 2. The van der Waals surface area contributed by atoms with Crippen molar-refractivity contribution in [3.05, 3.63) is 65.4 Å². The Hall–Kier alpha value is -3.32. The zero-order valence-electron chi connectivity index (χ0n) is 17.4. The summed E-state index contributed by atoms with van der Waals surface area (Å²) in [6, 6.07) is 14.7. The maximum Gasteiger partial charge on any atom is 0.246 e. The summed E-state index contributed by atoms with van der Waals surface area (Å²) in [6.45, 7) is 0.394. The predicted octanol–water partition coefficient (Wildman–Crippen LogP) is 2.24. The number of aromatic nitrogens is 1. The van der Waals surface area contributed by atoms with Gasteiger partial charge in [0.2, 0.25) is 11.8 Å². The quantitative estimate of drug-likeness (QED) is 0.664. The molecule has 0 bridgehead atoms. The molecule has 0 radical (unpaired) electrons. The molecule has 0 unspecified atom stereocenters. The van der Waals surface area contributed by atoms with Crippen LogP contribution < -0.4 is 4.74 Å². The van der Waals surface area contributed by atoms with Crippen molar-refractivity contribution >= 4 is 22.7 Å². The highest BCUT2D eigenvalue weighted by atomic mass is 16.5. The van der Waals surface area contributed by atoms with Gasteiger partial charge in [-0.15, -0.1) is 0 Å². The topological polar surface area (TPSA) is 85.9 Å². The van der Waals surface area contributed by atoms with Gasteiger partial charge >= 0.3 is 0 Å². The third-order valence-electron chi connectivity index (χ3n) is 6.36. The van der Waals surface area contributed by atoms with Crippen molar-refractivity contribution in [2.24, 2.45) is 0 Å². The molecule has 31 heavy (non-hydrogen) atoms. The molecule has 2 atom stereocenters. The lowest BCUT2D eigenvalue weighted by atomic mass is 9.86. The van der Waals surface area contributed by atoms with E-state index in [9.17, 15) is 14.7 Å². The van der Waals surface area contributed by atoms with Gasteiger partial charge in [0.15, 0.2) is 0 Å². The van der Waals surface area contributed by atoms with E-state index in [1.807, 2.05) is 42.5 Å². The van der Waals surface area contributed by atoms with Gasteiger partial charge in [0.05, 0.1) is 13.7 Å². The van der Waals surface area contributed by atoms with Crippen LogP contribution in [0.25, 0.3) is 10.9 Å². The molecule has 7 nitrogen and oxygen atoms in total. The number of fused-ring (bicyclic) bond motifs is 4. The van der Waals surface area contributed by atoms with Crippen LogP contribution in [0.4, 0.5) is 0 Å². The zero-order chi connectivity index (χ0) is 21.5. The summed E-state index contributed by atoms with van der Waals surface area (Å²) in [5.74, 6) is 0.521. The van der Waals surface area contributed by atoms with Gasteiger partial charge in [0.25, 0.3) is 0 Å². The Balaban J connectivity index is 1.69. The molecule has 160 valence electrons. The molecule has 0 saturated carbocycles. The molecule has 2 amide bonds. The maximum atomic E-state index is 13.4. The van der Waals surface area contributed by atoms with Crippen LogP contribution >= 0.6 is 0 Å². The van der Waals surface area contributed by atoms with E-state index >= 15 is 0 Å². The van der Waals surface area contributed by atoms with Crippen molar-refractivity contribution < 1.29 is 19.4 Å². The largest absolute Gasteiger partial charge is 0.496 e. The summed E-state index contributed by atoms with van der Waals surface area (Å²) in [7, 11) is 1.62. The number of amides is 2. The van der Waals surface area contributed by atoms with E-state index in [4.69, 9.17) is 4.74 Å². The summed E-state index contributed by atoms with van der Waals surface area (Å²) in [4.78, 5) is 33.6. The standard InChI is InChI=1S/C24H25N3O4/c1-31-20-10-5-3-8-16(20)23-22-17(15-7-2-4-9-18(15)25-22)13-19-24(30)26(11-6-12-28)14-21(29)27(19)23/h2-5,7-10,19,23,25,28H,6,11-14H2,1H3/t19-,23+/m0/s1. The van der Waals surface area contributed by atoms with Gasteiger partial charge in [-0.25, -0.2) is 0 Å². The van der Waals surface area contributed by atoms with Gasteiger partial charge in [-0.05, 0) is 24.1 Å². The Labute approximate surface area is 180 Å². The second kappa shape index (κ2) is 7.74. The molecule has 3 heterocycles. The summed E-state index contributed by atoms with van der Waals surface area (Å²) in [5.41, 5.74) is 3.85. The normalized spacial score (nSPS) is 20.7. The summed E-state index contributed by atoms with van der Waals surface area (Å²) in [6.07, 6.45) is 0.922. The number of methoxy groups -OCH3 is 1. The van der Waals surface area contributed by atoms with Crippen LogP contribution in [0.5, 0.6) is 5.75 Å². The van der Waals surface area contributed by atoms with Crippen molar-refractivity contribution in [1.82, 2.24) is 14.8 Å². The fourth-order valence-corrected chi connectivity index (χ4v) is 4.99. The van der Waals surface area contributed by atoms with Gasteiger partial charge in [0.1, 0.15) is 17.8 Å². The zero-order valence-corrected chi connectivity index (χ0v) is 17.4. The van der Waals surface area contributed by atoms with E-state index in [2.05, 4.69) is 11.1 Å². The molecule has 2 N–H and O–H groups in total. The Morgan fingerprint density at radius 1 is 1.13 bits per heavy atom. The number of aliphatic hydroxyl groups is 1. The third kappa shape index (κ3) is 3.08. The number of carbonyl (C=O) groups excluding carboxylic acids is 2. The van der Waals surface area contributed by atoms with Crippen molar-refractivity contribution in [3.8, 4) is 5.75 Å². The molecule has 2 aliphatic rings. The highest BCUT2D eigenvalue weighted by Crippen LogP contribution is 2.44. The van der Waals surface area contributed by atoms with Crippen LogP contribution in [0.1, 0.15) is 29.3 Å². The van der Waals surface area contributed by atoms with E-state index < -0.39 is 12.1 Å². The first kappa shape index (κ1) is 19.6. The minimum atomic E-state index is -0.582. The molecule has 7 heteroatoms. The van der Waals surface area contributed by atoms with Gasteiger partial charge in [0, 0.05) is 41.7 Å². The molecule has 3 aromatic rings. The Morgan fingerprint density at radius 3 is 2.71 bits per heavy atom. The minimum Gasteiger partial charge on any atom is -0.496 e. The SMILES string of the molecule is COc1ccccc1[C@@H]1c2[nH]c3ccccc3c2C[C@H]2C(=O)N(CCCO)CC(=O)N12. The number of H-pyrrole nitrogens is 1. The molecule has 0 spiro atoms. The number of ether oxygens (including phenoxy) is 1. The highest BCUT2D eigenvalue weighted by molar-refractivity contribution is 5.97. The summed E-state index contributed by atoms with van der Waals surface area (Å²) < 4.78 is 5.63. The number of hydrogen-bond donors (Lipinski definition) is 2. The van der Waals surface area contributed by atoms with Crippen LogP contribution in [-0.4, -0.2) is 64.6 Å². The number of rotatable bonds is 5. The maximum absolute atomic E-state index is 13.4. The van der Waals surface area contributed by atoms with Gasteiger partial charge in [-0.2, -0.15) is 0 Å². The third-order valence-corrected chi connectivity index (χ3v) is 6.36. The van der Waals surface area contributed by atoms with Crippen LogP contribution in [0.15, 0.2) is 48.5 Å². The van der Waals surface area contributed by atoms with E-state index in [0.717, 1.165) is 27.7 Å². The fraction of sp³-hybridized carbons (Fsp3) is 0.333. The van der Waals surface area contributed by atoms with Gasteiger partial charge < -0.3 is 24.6 Å². The number of aliphatic hydroxyl groups excluding tert-OH is 1. The lowest BCUT2D eigenvalue weighted by Gasteiger charge is -2.47. The van der Waals surface area contributed by atoms with E-state index in [1.165, 1.54) is 0 Å². The first-order valence-corrected chi connectivity index (χ1v) is 10.6. The Bertz CT molecular complexity index is 1150.